The van der Waals surface area contributed by atoms with Crippen molar-refractivity contribution in [1.29, 1.82) is 0 Å². The summed E-state index contributed by atoms with van der Waals surface area (Å²) in [4.78, 5) is 4.49. The van der Waals surface area contributed by atoms with Gasteiger partial charge in [0, 0.05) is 19.0 Å². The van der Waals surface area contributed by atoms with Crippen molar-refractivity contribution in [3.05, 3.63) is 30.1 Å². The first-order valence-electron chi connectivity index (χ1n) is 7.18. The summed E-state index contributed by atoms with van der Waals surface area (Å²) in [6, 6.07) is 6.99. The molecule has 0 radical (unpaired) electrons. The number of nitrogens with zero attached hydrogens (tertiary/aromatic N) is 2. The molecule has 2 rings (SSSR count). The molecule has 1 aromatic carbocycles. The zero-order valence-electron chi connectivity index (χ0n) is 12.2. The summed E-state index contributed by atoms with van der Waals surface area (Å²) in [5, 5.41) is 2.91. The molecule has 0 fully saturated rings. The summed E-state index contributed by atoms with van der Waals surface area (Å²) in [5.41, 5.74) is 1.80. The highest BCUT2D eigenvalue weighted by Crippen LogP contribution is 2.24. The topological polar surface area (TPSA) is 29.9 Å². The Kier molecular flexibility index (Phi) is 4.88. The number of para-hydroxylation sites is 2. The fourth-order valence-corrected chi connectivity index (χ4v) is 2.64. The van der Waals surface area contributed by atoms with Crippen molar-refractivity contribution >= 4 is 11.0 Å². The van der Waals surface area contributed by atoms with Gasteiger partial charge in [-0.15, -0.1) is 0 Å². The molecule has 0 spiro atoms. The minimum atomic E-state index is -4.17. The Hall–Kier alpha value is -1.56. The molecule has 116 valence electrons. The number of aromatic nitrogens is 2. The van der Waals surface area contributed by atoms with Gasteiger partial charge in [-0.1, -0.05) is 19.1 Å². The van der Waals surface area contributed by atoms with Crippen LogP contribution in [0.1, 0.15) is 26.1 Å². The average Bonchev–Trinajstić information content (AvgIpc) is 2.74. The Morgan fingerprint density at radius 2 is 1.95 bits per heavy atom. The number of imidazole rings is 1. The van der Waals surface area contributed by atoms with Gasteiger partial charge in [-0.05, 0) is 25.6 Å². The summed E-state index contributed by atoms with van der Waals surface area (Å²) in [5.74, 6) is 0.703. The lowest BCUT2D eigenvalue weighted by molar-refractivity contribution is -0.139. The maximum atomic E-state index is 12.7. The lowest BCUT2D eigenvalue weighted by Crippen LogP contribution is -2.36. The van der Waals surface area contributed by atoms with Gasteiger partial charge < -0.3 is 9.88 Å². The molecular formula is C15H20F3N3. The molecule has 1 heterocycles. The summed E-state index contributed by atoms with van der Waals surface area (Å²) in [7, 11) is 0. The molecule has 1 unspecified atom stereocenters. The van der Waals surface area contributed by atoms with Gasteiger partial charge in [0.15, 0.2) is 0 Å². The average molecular weight is 299 g/mol. The maximum Gasteiger partial charge on any atom is 0.390 e. The molecular weight excluding hydrogens is 279 g/mol. The number of benzene rings is 1. The van der Waals surface area contributed by atoms with Crippen LogP contribution < -0.4 is 5.32 Å². The van der Waals surface area contributed by atoms with Crippen LogP contribution in [0, 0.1) is 0 Å². The second kappa shape index (κ2) is 6.47. The molecule has 1 N–H and O–H groups in total. The number of nitrogens with one attached hydrogen (secondary N) is 1. The Morgan fingerprint density at radius 3 is 2.57 bits per heavy atom. The van der Waals surface area contributed by atoms with Crippen LogP contribution in [0.4, 0.5) is 13.2 Å². The molecule has 0 bridgehead atoms. The number of rotatable bonds is 6. The molecule has 0 aliphatic heterocycles. The maximum absolute atomic E-state index is 12.7. The quantitative estimate of drug-likeness (QED) is 0.884. The summed E-state index contributed by atoms with van der Waals surface area (Å²) in [6.45, 7) is 4.99. The van der Waals surface area contributed by atoms with Gasteiger partial charge in [-0.3, -0.25) is 0 Å². The predicted octanol–water partition coefficient (Wildman–Crippen LogP) is 3.53. The molecule has 1 aromatic heterocycles. The van der Waals surface area contributed by atoms with Crippen LogP contribution in [0.25, 0.3) is 11.0 Å². The minimum Gasteiger partial charge on any atom is -0.328 e. The highest BCUT2D eigenvalue weighted by atomic mass is 19.4. The van der Waals surface area contributed by atoms with E-state index in [0.29, 0.717) is 18.9 Å². The number of fused-ring (bicyclic) bond motifs is 1. The van der Waals surface area contributed by atoms with E-state index >= 15 is 0 Å². The second-order valence-electron chi connectivity index (χ2n) is 5.04. The molecule has 3 nitrogen and oxygen atoms in total. The summed E-state index contributed by atoms with van der Waals surface area (Å²) >= 11 is 0. The van der Waals surface area contributed by atoms with Crippen LogP contribution in [0.15, 0.2) is 24.3 Å². The number of hydrogen-bond donors (Lipinski definition) is 1. The molecule has 1 atom stereocenters. The van der Waals surface area contributed by atoms with Crippen molar-refractivity contribution < 1.29 is 13.2 Å². The zero-order valence-corrected chi connectivity index (χ0v) is 12.2. The van der Waals surface area contributed by atoms with Gasteiger partial charge in [0.2, 0.25) is 0 Å². The number of likely N-dealkylation sites (N-methyl/N-ethyl adjacent to an activating group) is 1. The van der Waals surface area contributed by atoms with Crippen LogP contribution in [-0.4, -0.2) is 28.3 Å². The molecule has 0 amide bonds. The van der Waals surface area contributed by atoms with Crippen molar-refractivity contribution in [3.8, 4) is 0 Å². The first-order chi connectivity index (χ1) is 9.94. The van der Waals surface area contributed by atoms with Gasteiger partial charge in [0.05, 0.1) is 17.5 Å². The SMILES string of the molecule is CCNC(Cc1nc2ccccc2n1CC)CC(F)(F)F. The Bertz CT molecular complexity index is 589. The Morgan fingerprint density at radius 1 is 1.24 bits per heavy atom. The molecule has 0 saturated carbocycles. The van der Waals surface area contributed by atoms with E-state index in [2.05, 4.69) is 10.3 Å². The third-order valence-electron chi connectivity index (χ3n) is 3.45. The van der Waals surface area contributed by atoms with E-state index in [0.717, 1.165) is 11.0 Å². The fraction of sp³-hybridized carbons (Fsp3) is 0.533. The Labute approximate surface area is 122 Å². The zero-order chi connectivity index (χ0) is 15.5. The number of aryl methyl sites for hydroxylation is 1. The van der Waals surface area contributed by atoms with Crippen LogP contribution >= 0.6 is 0 Å². The third kappa shape index (κ3) is 3.97. The number of alkyl halides is 3. The van der Waals surface area contributed by atoms with E-state index in [4.69, 9.17) is 0 Å². The van der Waals surface area contributed by atoms with E-state index < -0.39 is 18.6 Å². The van der Waals surface area contributed by atoms with Crippen molar-refractivity contribution in [2.75, 3.05) is 6.54 Å². The van der Waals surface area contributed by atoms with Crippen molar-refractivity contribution in [2.24, 2.45) is 0 Å². The van der Waals surface area contributed by atoms with Crippen LogP contribution in [0.5, 0.6) is 0 Å². The molecule has 0 aliphatic rings. The van der Waals surface area contributed by atoms with Gasteiger partial charge >= 0.3 is 6.18 Å². The summed E-state index contributed by atoms with van der Waals surface area (Å²) < 4.78 is 39.9. The van der Waals surface area contributed by atoms with Crippen LogP contribution in [0.2, 0.25) is 0 Å². The monoisotopic (exact) mass is 299 g/mol. The molecule has 6 heteroatoms. The largest absolute Gasteiger partial charge is 0.390 e. The second-order valence-corrected chi connectivity index (χ2v) is 5.04. The standard InChI is InChI=1S/C15H20F3N3/c1-3-19-11(10-15(16,17)18)9-14-20-12-7-5-6-8-13(12)21(14)4-2/h5-8,11,19H,3-4,9-10H2,1-2H3. The molecule has 0 aliphatic carbocycles. The van der Waals surface area contributed by atoms with Gasteiger partial charge in [0.25, 0.3) is 0 Å². The fourth-order valence-electron chi connectivity index (χ4n) is 2.64. The van der Waals surface area contributed by atoms with Gasteiger partial charge in [-0.2, -0.15) is 13.2 Å². The molecule has 2 aromatic rings. The van der Waals surface area contributed by atoms with Crippen LogP contribution in [0.3, 0.4) is 0 Å². The van der Waals surface area contributed by atoms with E-state index in [-0.39, 0.29) is 6.42 Å². The molecule has 0 saturated heterocycles. The first kappa shape index (κ1) is 15.8. The highest BCUT2D eigenvalue weighted by molar-refractivity contribution is 5.75. The third-order valence-corrected chi connectivity index (χ3v) is 3.45. The summed E-state index contributed by atoms with van der Waals surface area (Å²) in [6.07, 6.45) is -4.74. The smallest absolute Gasteiger partial charge is 0.328 e. The van der Waals surface area contributed by atoms with E-state index in [1.807, 2.05) is 42.7 Å². The van der Waals surface area contributed by atoms with Crippen LogP contribution in [-0.2, 0) is 13.0 Å². The van der Waals surface area contributed by atoms with Crippen molar-refractivity contribution in [2.45, 2.75) is 45.5 Å². The molecule has 21 heavy (non-hydrogen) atoms. The Balaban J connectivity index is 2.27. The first-order valence-corrected chi connectivity index (χ1v) is 7.18. The van der Waals surface area contributed by atoms with E-state index in [1.165, 1.54) is 0 Å². The van der Waals surface area contributed by atoms with E-state index in [9.17, 15) is 13.2 Å². The predicted molar refractivity (Wildman–Crippen MR) is 77.2 cm³/mol. The lowest BCUT2D eigenvalue weighted by Gasteiger charge is -2.19. The van der Waals surface area contributed by atoms with Crippen molar-refractivity contribution in [1.82, 2.24) is 14.9 Å². The van der Waals surface area contributed by atoms with Crippen molar-refractivity contribution in [3.63, 3.8) is 0 Å². The lowest BCUT2D eigenvalue weighted by atomic mass is 10.1. The minimum absolute atomic E-state index is 0.274. The number of hydrogen-bond acceptors (Lipinski definition) is 2. The van der Waals surface area contributed by atoms with Gasteiger partial charge in [-0.25, -0.2) is 4.98 Å². The number of halogens is 3. The van der Waals surface area contributed by atoms with Gasteiger partial charge in [0.1, 0.15) is 5.82 Å². The normalized spacial score (nSPS) is 13.8. The highest BCUT2D eigenvalue weighted by Gasteiger charge is 2.32. The van der Waals surface area contributed by atoms with E-state index in [1.54, 1.807) is 0 Å².